The van der Waals surface area contributed by atoms with Crippen LogP contribution in [-0.4, -0.2) is 43.9 Å². The fourth-order valence-corrected chi connectivity index (χ4v) is 4.45. The second-order valence-corrected chi connectivity index (χ2v) is 7.74. The number of rotatable bonds is 3. The van der Waals surface area contributed by atoms with Gasteiger partial charge in [-0.1, -0.05) is 6.58 Å². The van der Waals surface area contributed by atoms with Crippen LogP contribution in [0, 0.1) is 0 Å². The van der Waals surface area contributed by atoms with Crippen molar-refractivity contribution in [1.82, 2.24) is 0 Å². The zero-order chi connectivity index (χ0) is 21.2. The van der Waals surface area contributed by atoms with Crippen LogP contribution in [0.1, 0.15) is 40.4 Å². The van der Waals surface area contributed by atoms with E-state index in [1.165, 1.54) is 0 Å². The normalized spacial score (nSPS) is 25.5. The summed E-state index contributed by atoms with van der Waals surface area (Å²) in [4.78, 5) is 13.5. The first-order valence-electron chi connectivity index (χ1n) is 9.71. The summed E-state index contributed by atoms with van der Waals surface area (Å²) in [5.74, 6) is 1.85. The van der Waals surface area contributed by atoms with Crippen molar-refractivity contribution in [2.45, 2.75) is 31.2 Å². The fourth-order valence-electron chi connectivity index (χ4n) is 4.45. The minimum Gasteiger partial charge on any atom is -0.493 e. The van der Waals surface area contributed by atoms with Crippen LogP contribution in [0.5, 0.6) is 28.7 Å². The molecule has 3 heterocycles. The van der Waals surface area contributed by atoms with E-state index in [1.54, 1.807) is 45.4 Å². The lowest BCUT2D eigenvalue weighted by Gasteiger charge is -2.37. The van der Waals surface area contributed by atoms with Crippen LogP contribution in [0.2, 0.25) is 0 Å². The zero-order valence-electron chi connectivity index (χ0n) is 16.9. The van der Waals surface area contributed by atoms with Crippen LogP contribution in [0.15, 0.2) is 36.4 Å². The van der Waals surface area contributed by atoms with E-state index in [1.807, 2.05) is 0 Å². The van der Waals surface area contributed by atoms with Gasteiger partial charge in [0.1, 0.15) is 42.2 Å². The van der Waals surface area contributed by atoms with Crippen molar-refractivity contribution < 1.29 is 33.6 Å². The standard InChI is InChI=1S/C23H22O7/c1-10(2)22-21(25)19-13(29-22)6-5-11-20(24)18-12-7-15(26-3)16(27-4)8-14(12)28-9-17(18)30-23(11)19/h5-8,17-18,21-22,25H,1,9H2,2-4H3/t17-,18+,21+,22+/m1/s1. The van der Waals surface area contributed by atoms with Crippen molar-refractivity contribution in [3.05, 3.63) is 53.1 Å². The Hall–Kier alpha value is -3.19. The molecular weight excluding hydrogens is 388 g/mol. The molecule has 2 aromatic rings. The van der Waals surface area contributed by atoms with E-state index < -0.39 is 24.2 Å². The smallest absolute Gasteiger partial charge is 0.178 e. The predicted octanol–water partition coefficient (Wildman–Crippen LogP) is 3.19. The number of ketones is 1. The van der Waals surface area contributed by atoms with Gasteiger partial charge in [0.05, 0.1) is 31.3 Å². The molecule has 0 saturated carbocycles. The van der Waals surface area contributed by atoms with Gasteiger partial charge in [0, 0.05) is 11.6 Å². The van der Waals surface area contributed by atoms with Crippen molar-refractivity contribution in [2.75, 3.05) is 20.8 Å². The topological polar surface area (TPSA) is 83.5 Å². The molecule has 4 atom stereocenters. The summed E-state index contributed by atoms with van der Waals surface area (Å²) in [7, 11) is 3.09. The Morgan fingerprint density at radius 2 is 1.87 bits per heavy atom. The maximum Gasteiger partial charge on any atom is 0.178 e. The molecule has 5 rings (SSSR count). The highest BCUT2D eigenvalue weighted by Crippen LogP contribution is 2.52. The predicted molar refractivity (Wildman–Crippen MR) is 107 cm³/mol. The quantitative estimate of drug-likeness (QED) is 0.778. The van der Waals surface area contributed by atoms with E-state index in [4.69, 9.17) is 23.7 Å². The summed E-state index contributed by atoms with van der Waals surface area (Å²) in [5.41, 5.74) is 2.30. The van der Waals surface area contributed by atoms with Crippen LogP contribution in [0.3, 0.4) is 0 Å². The number of fused-ring (bicyclic) bond motifs is 6. The highest BCUT2D eigenvalue weighted by Gasteiger charge is 2.47. The second kappa shape index (κ2) is 6.67. The Morgan fingerprint density at radius 1 is 1.13 bits per heavy atom. The van der Waals surface area contributed by atoms with Gasteiger partial charge in [-0.15, -0.1) is 0 Å². The summed E-state index contributed by atoms with van der Waals surface area (Å²) in [6, 6.07) is 6.89. The Morgan fingerprint density at radius 3 is 2.57 bits per heavy atom. The summed E-state index contributed by atoms with van der Waals surface area (Å²) in [6.45, 7) is 5.87. The zero-order valence-corrected chi connectivity index (χ0v) is 16.9. The minimum absolute atomic E-state index is 0.0909. The summed E-state index contributed by atoms with van der Waals surface area (Å²) >= 11 is 0. The molecule has 1 N–H and O–H groups in total. The molecule has 7 heteroatoms. The van der Waals surface area contributed by atoms with E-state index in [0.717, 1.165) is 0 Å². The Bertz CT molecular complexity index is 1070. The number of carbonyl (C=O) groups excluding carboxylic acids is 1. The second-order valence-electron chi connectivity index (χ2n) is 7.74. The summed E-state index contributed by atoms with van der Waals surface area (Å²) in [5, 5.41) is 10.8. The molecule has 0 aromatic heterocycles. The highest BCUT2D eigenvalue weighted by atomic mass is 16.5. The van der Waals surface area contributed by atoms with Gasteiger partial charge in [-0.2, -0.15) is 0 Å². The van der Waals surface area contributed by atoms with Crippen molar-refractivity contribution in [2.24, 2.45) is 0 Å². The number of hydrogen-bond acceptors (Lipinski definition) is 7. The molecular formula is C23H22O7. The van der Waals surface area contributed by atoms with E-state index in [2.05, 4.69) is 6.58 Å². The van der Waals surface area contributed by atoms with Crippen LogP contribution in [0.4, 0.5) is 0 Å². The van der Waals surface area contributed by atoms with Crippen LogP contribution >= 0.6 is 0 Å². The van der Waals surface area contributed by atoms with Crippen LogP contribution < -0.4 is 23.7 Å². The van der Waals surface area contributed by atoms with Gasteiger partial charge >= 0.3 is 0 Å². The first-order valence-corrected chi connectivity index (χ1v) is 9.71. The van der Waals surface area contributed by atoms with E-state index in [0.29, 0.717) is 51.0 Å². The van der Waals surface area contributed by atoms with Gasteiger partial charge in [0.25, 0.3) is 0 Å². The Kier molecular flexibility index (Phi) is 4.18. The number of aliphatic hydroxyl groups excluding tert-OH is 1. The number of Topliss-reactive ketones (excluding diaryl/α,β-unsaturated/α-hetero) is 1. The maximum absolute atomic E-state index is 13.5. The van der Waals surface area contributed by atoms with Crippen molar-refractivity contribution >= 4 is 5.78 Å². The third kappa shape index (κ3) is 2.51. The number of carbonyl (C=O) groups is 1. The molecule has 0 unspecified atom stereocenters. The maximum atomic E-state index is 13.5. The van der Waals surface area contributed by atoms with Gasteiger partial charge in [-0.05, 0) is 30.7 Å². The molecule has 3 aliphatic heterocycles. The Balaban J connectivity index is 1.60. The van der Waals surface area contributed by atoms with Crippen molar-refractivity contribution in [3.8, 4) is 28.7 Å². The number of hydrogen-bond donors (Lipinski definition) is 1. The lowest BCUT2D eigenvalue weighted by molar-refractivity contribution is 0.0522. The average molecular weight is 410 g/mol. The molecule has 0 saturated heterocycles. The first kappa shape index (κ1) is 18.8. The molecule has 7 nitrogen and oxygen atoms in total. The molecule has 0 radical (unpaired) electrons. The third-order valence-electron chi connectivity index (χ3n) is 5.92. The van der Waals surface area contributed by atoms with E-state index in [9.17, 15) is 9.90 Å². The minimum atomic E-state index is -0.946. The molecule has 156 valence electrons. The number of ether oxygens (including phenoxy) is 5. The van der Waals surface area contributed by atoms with Gasteiger partial charge < -0.3 is 28.8 Å². The molecule has 3 aliphatic rings. The SMILES string of the molecule is C=C(C)[C@@H]1Oc2ccc3c(c2[C@@H]1O)O[C@@H]1COc2cc(OC)c(OC)cc2[C@@H]1C3=O. The van der Waals surface area contributed by atoms with Gasteiger partial charge in [-0.3, -0.25) is 4.79 Å². The fraction of sp³-hybridized carbons (Fsp3) is 0.348. The van der Waals surface area contributed by atoms with Gasteiger partial charge in [-0.25, -0.2) is 0 Å². The largest absolute Gasteiger partial charge is 0.493 e. The molecule has 0 bridgehead atoms. The average Bonchev–Trinajstić information content (AvgIpc) is 3.09. The van der Waals surface area contributed by atoms with Crippen molar-refractivity contribution in [1.29, 1.82) is 0 Å². The Labute approximate surface area is 173 Å². The molecule has 0 fully saturated rings. The third-order valence-corrected chi connectivity index (χ3v) is 5.92. The van der Waals surface area contributed by atoms with E-state index >= 15 is 0 Å². The lowest BCUT2D eigenvalue weighted by Crippen LogP contribution is -2.43. The van der Waals surface area contributed by atoms with Gasteiger partial charge in [0.2, 0.25) is 0 Å². The van der Waals surface area contributed by atoms with Gasteiger partial charge in [0.15, 0.2) is 17.3 Å². The monoisotopic (exact) mass is 410 g/mol. The molecule has 30 heavy (non-hydrogen) atoms. The van der Waals surface area contributed by atoms with Crippen LogP contribution in [-0.2, 0) is 0 Å². The molecule has 2 aromatic carbocycles. The lowest BCUT2D eigenvalue weighted by atomic mass is 9.81. The first-order chi connectivity index (χ1) is 14.4. The molecule has 0 amide bonds. The summed E-state index contributed by atoms with van der Waals surface area (Å²) in [6.07, 6.45) is -2.04. The molecule has 0 spiro atoms. The van der Waals surface area contributed by atoms with Crippen molar-refractivity contribution in [3.63, 3.8) is 0 Å². The number of methoxy groups -OCH3 is 2. The highest BCUT2D eigenvalue weighted by molar-refractivity contribution is 6.06. The van der Waals surface area contributed by atoms with E-state index in [-0.39, 0.29) is 12.4 Å². The molecule has 0 aliphatic carbocycles. The number of aliphatic hydroxyl groups is 1. The van der Waals surface area contributed by atoms with Crippen LogP contribution in [0.25, 0.3) is 0 Å². The number of benzene rings is 2. The summed E-state index contributed by atoms with van der Waals surface area (Å²) < 4.78 is 28.7.